The van der Waals surface area contributed by atoms with Crippen LogP contribution in [0.5, 0.6) is 0 Å². The summed E-state index contributed by atoms with van der Waals surface area (Å²) >= 11 is 0. The van der Waals surface area contributed by atoms with Crippen molar-refractivity contribution in [1.82, 2.24) is 0 Å². The van der Waals surface area contributed by atoms with Crippen molar-refractivity contribution in [1.29, 1.82) is 0 Å². The van der Waals surface area contributed by atoms with Gasteiger partial charge in [-0.05, 0) is 51.4 Å². The Morgan fingerprint density at radius 3 is 0.571 bits per heavy atom. The molecular weight excluding hydrogens is 528 g/mol. The van der Waals surface area contributed by atoms with Gasteiger partial charge in [0, 0.05) is 7.11 Å². The summed E-state index contributed by atoms with van der Waals surface area (Å²) in [6, 6.07) is 0. The summed E-state index contributed by atoms with van der Waals surface area (Å²) in [5.74, 6) is -4.37. The molecule has 0 aliphatic carbocycles. The van der Waals surface area contributed by atoms with Crippen LogP contribution in [0.3, 0.4) is 0 Å². The van der Waals surface area contributed by atoms with E-state index in [1.165, 1.54) is 164 Å². The molecule has 1 N–H and O–H groups in total. The Morgan fingerprint density at radius 2 is 0.500 bits per heavy atom. The fourth-order valence-electron chi connectivity index (χ4n) is 5.29. The van der Waals surface area contributed by atoms with Gasteiger partial charge in [0.1, 0.15) is 0 Å². The molecule has 0 rings (SSSR count). The molecule has 7 heteroatoms. The molecule has 7 nitrogen and oxygen atoms in total. The van der Waals surface area contributed by atoms with E-state index in [4.69, 9.17) is 24.9 Å². The van der Waals surface area contributed by atoms with Gasteiger partial charge in [-0.3, -0.25) is 0 Å². The summed E-state index contributed by atoms with van der Waals surface area (Å²) in [5, 5.41) is 24.9. The van der Waals surface area contributed by atoms with E-state index in [0.29, 0.717) is 0 Å². The molecular formula is C35H76N2O5. The van der Waals surface area contributed by atoms with Crippen molar-refractivity contribution in [3.63, 3.8) is 0 Å². The molecule has 0 heterocycles. The topological polar surface area (TPSA) is 100 Å². The molecule has 0 amide bonds. The number of quaternary nitrogens is 2. The summed E-state index contributed by atoms with van der Waals surface area (Å²) in [6.07, 6.45) is 22.1. The molecule has 0 unspecified atom stereocenters. The number of carboxylic acid groups (broad SMARTS) is 2. The largest absolute Gasteiger partial charge is 0.543 e. The lowest BCUT2D eigenvalue weighted by molar-refractivity contribution is -0.929. The first kappa shape index (κ1) is 47.7. The van der Waals surface area contributed by atoms with Gasteiger partial charge in [-0.1, -0.05) is 107 Å². The molecule has 0 saturated carbocycles. The fourth-order valence-corrected chi connectivity index (χ4v) is 5.29. The molecule has 0 radical (unpaired) electrons. The van der Waals surface area contributed by atoms with Gasteiger partial charge in [-0.15, -0.1) is 0 Å². The monoisotopic (exact) mass is 605 g/mol. The zero-order chi connectivity index (χ0) is 33.1. The number of aliphatic hydroxyl groups is 1. The van der Waals surface area contributed by atoms with E-state index >= 15 is 0 Å². The zero-order valence-corrected chi connectivity index (χ0v) is 29.9. The lowest BCUT2D eigenvalue weighted by Gasteiger charge is -2.39. The van der Waals surface area contributed by atoms with Gasteiger partial charge in [0.25, 0.3) is 0 Å². The summed E-state index contributed by atoms with van der Waals surface area (Å²) in [5.41, 5.74) is 0. The van der Waals surface area contributed by atoms with Crippen molar-refractivity contribution in [2.75, 3.05) is 59.5 Å². The van der Waals surface area contributed by atoms with Crippen molar-refractivity contribution >= 4 is 11.9 Å². The Balaban J connectivity index is -0.000000274. The highest BCUT2D eigenvalue weighted by molar-refractivity contribution is 6.25. The van der Waals surface area contributed by atoms with Crippen LogP contribution < -0.4 is 10.2 Å². The molecule has 0 aliphatic heterocycles. The van der Waals surface area contributed by atoms with E-state index in [-0.39, 0.29) is 0 Å². The van der Waals surface area contributed by atoms with E-state index in [1.54, 1.807) is 0 Å². The molecule has 0 aromatic heterocycles. The van der Waals surface area contributed by atoms with Crippen LogP contribution in [0.15, 0.2) is 0 Å². The van der Waals surface area contributed by atoms with Crippen molar-refractivity contribution in [2.24, 2.45) is 0 Å². The molecule has 0 atom stereocenters. The van der Waals surface area contributed by atoms with Crippen LogP contribution in [0, 0.1) is 0 Å². The van der Waals surface area contributed by atoms with E-state index in [0.717, 1.165) is 7.11 Å². The quantitative estimate of drug-likeness (QED) is 0.106. The fraction of sp³-hybridized carbons (Fsp3) is 0.943. The number of nitrogens with zero attached hydrogens (tertiary/aromatic N) is 2. The van der Waals surface area contributed by atoms with Gasteiger partial charge in [0.05, 0.1) is 64.3 Å². The van der Waals surface area contributed by atoms with E-state index in [9.17, 15) is 0 Å². The number of hydrogen-bond donors (Lipinski definition) is 1. The molecule has 0 bridgehead atoms. The molecule has 0 aromatic rings. The minimum atomic E-state index is -2.19. The Morgan fingerprint density at radius 1 is 0.381 bits per heavy atom. The van der Waals surface area contributed by atoms with Crippen molar-refractivity contribution in [2.45, 2.75) is 158 Å². The number of carbonyl (C=O) groups excluding carboxylic acids is 2. The number of carboxylic acids is 2. The molecule has 0 fully saturated rings. The SMILES string of the molecule is CCCC[N+](CCCC)(CCCC)CCCC.CCCC[N+](CCCC)(CCCC)CCCC.CO.O=C([O-])C(=O)[O-]. The first-order chi connectivity index (χ1) is 20.1. The van der Waals surface area contributed by atoms with Crippen molar-refractivity contribution in [3.05, 3.63) is 0 Å². The second kappa shape index (κ2) is 36.0. The summed E-state index contributed by atoms with van der Waals surface area (Å²) in [4.78, 5) is 17.9. The van der Waals surface area contributed by atoms with Crippen molar-refractivity contribution < 1.29 is 33.9 Å². The van der Waals surface area contributed by atoms with Crippen LogP contribution in [0.2, 0.25) is 0 Å². The number of carbonyl (C=O) groups is 2. The number of hydrogen-bond acceptors (Lipinski definition) is 5. The van der Waals surface area contributed by atoms with Crippen LogP contribution in [-0.2, 0) is 9.59 Å². The third-order valence-corrected chi connectivity index (χ3v) is 8.05. The van der Waals surface area contributed by atoms with Gasteiger partial charge in [0.2, 0.25) is 0 Å². The highest BCUT2D eigenvalue weighted by Crippen LogP contribution is 2.17. The number of unbranched alkanes of at least 4 members (excludes halogenated alkanes) is 8. The van der Waals surface area contributed by atoms with Gasteiger partial charge < -0.3 is 33.9 Å². The lowest BCUT2D eigenvalue weighted by Crippen LogP contribution is -2.50. The lowest BCUT2D eigenvalue weighted by atomic mass is 10.1. The van der Waals surface area contributed by atoms with Gasteiger partial charge in [-0.2, -0.15) is 0 Å². The van der Waals surface area contributed by atoms with Gasteiger partial charge in [0.15, 0.2) is 0 Å². The molecule has 42 heavy (non-hydrogen) atoms. The minimum absolute atomic E-state index is 1.00. The Bertz CT molecular complexity index is 434. The third-order valence-electron chi connectivity index (χ3n) is 8.05. The zero-order valence-electron chi connectivity index (χ0n) is 29.9. The number of rotatable bonds is 24. The first-order valence-corrected chi connectivity index (χ1v) is 17.7. The highest BCUT2D eigenvalue weighted by Gasteiger charge is 2.25. The maximum absolute atomic E-state index is 8.93. The molecule has 0 spiro atoms. The maximum atomic E-state index is 8.93. The number of aliphatic carboxylic acids is 2. The highest BCUT2D eigenvalue weighted by atomic mass is 16.4. The Labute approximate surface area is 263 Å². The summed E-state index contributed by atoms with van der Waals surface area (Å²) in [6.45, 7) is 30.0. The summed E-state index contributed by atoms with van der Waals surface area (Å²) < 4.78 is 2.84. The smallest absolute Gasteiger partial charge is 0.0870 e. The van der Waals surface area contributed by atoms with Crippen LogP contribution in [0.25, 0.3) is 0 Å². The number of aliphatic hydroxyl groups excluding tert-OH is 1. The average molecular weight is 605 g/mol. The van der Waals surface area contributed by atoms with Crippen LogP contribution >= 0.6 is 0 Å². The van der Waals surface area contributed by atoms with Gasteiger partial charge in [-0.25, -0.2) is 0 Å². The van der Waals surface area contributed by atoms with Crippen LogP contribution in [0.1, 0.15) is 158 Å². The Kier molecular flexibility index (Phi) is 40.9. The first-order valence-electron chi connectivity index (χ1n) is 17.7. The molecule has 256 valence electrons. The molecule has 0 aromatic carbocycles. The second-order valence-electron chi connectivity index (χ2n) is 11.9. The van der Waals surface area contributed by atoms with E-state index < -0.39 is 11.9 Å². The average Bonchev–Trinajstić information content (AvgIpc) is 3.01. The predicted molar refractivity (Wildman–Crippen MR) is 177 cm³/mol. The van der Waals surface area contributed by atoms with Crippen LogP contribution in [0.4, 0.5) is 0 Å². The predicted octanol–water partition coefficient (Wildman–Crippen LogP) is 6.10. The van der Waals surface area contributed by atoms with E-state index in [2.05, 4.69) is 55.4 Å². The second-order valence-corrected chi connectivity index (χ2v) is 11.9. The van der Waals surface area contributed by atoms with Crippen LogP contribution in [-0.4, -0.2) is 85.5 Å². The third kappa shape index (κ3) is 30.3. The van der Waals surface area contributed by atoms with Gasteiger partial charge >= 0.3 is 0 Å². The van der Waals surface area contributed by atoms with E-state index in [1.807, 2.05) is 0 Å². The minimum Gasteiger partial charge on any atom is -0.543 e. The Hall–Kier alpha value is -1.18. The molecule has 0 aliphatic rings. The molecule has 0 saturated heterocycles. The normalized spacial score (nSPS) is 10.9. The summed E-state index contributed by atoms with van der Waals surface area (Å²) in [7, 11) is 1.00. The van der Waals surface area contributed by atoms with Crippen molar-refractivity contribution in [3.8, 4) is 0 Å². The standard InChI is InChI=1S/2C16H36N.C2H2O4.CH4O/c2*1-5-9-13-17(14-10-6-2,15-11-7-3)16-12-8-4;3-1(4)2(5)6;1-2/h2*5-16H2,1-4H3;(H,3,4)(H,5,6);2H,1H3/q2*+1;;/p-2. The maximum Gasteiger partial charge on any atom is 0.0870 e.